The van der Waals surface area contributed by atoms with Crippen LogP contribution in [0.4, 0.5) is 0 Å². The zero-order valence-corrected chi connectivity index (χ0v) is 11.9. The van der Waals surface area contributed by atoms with Crippen LogP contribution in [0.2, 0.25) is 0 Å². The first-order valence-electron chi connectivity index (χ1n) is 5.89. The average molecular weight is 284 g/mol. The maximum atomic E-state index is 12.6. The molecule has 0 amide bonds. The highest BCUT2D eigenvalue weighted by Gasteiger charge is 2.31. The van der Waals surface area contributed by atoms with Crippen LogP contribution in [-0.2, 0) is 23.1 Å². The van der Waals surface area contributed by atoms with E-state index < -0.39 is 13.6 Å². The Kier molecular flexibility index (Phi) is 5.80. The normalized spacial score (nSPS) is 13.4. The molecule has 5 nitrogen and oxygen atoms in total. The first kappa shape index (κ1) is 15.5. The van der Waals surface area contributed by atoms with Gasteiger partial charge >= 0.3 is 13.6 Å². The van der Waals surface area contributed by atoms with Gasteiger partial charge in [0, 0.05) is 0 Å². The summed E-state index contributed by atoms with van der Waals surface area (Å²) in [5, 5.41) is 0.363. The third-order valence-corrected chi connectivity index (χ3v) is 4.09. The summed E-state index contributed by atoms with van der Waals surface area (Å²) in [6, 6.07) is 8.40. The molecule has 1 atom stereocenters. The average Bonchev–Trinajstić information content (AvgIpc) is 2.40. The molecule has 6 heteroatoms. The molecule has 0 N–H and O–H groups in total. The van der Waals surface area contributed by atoms with E-state index in [1.807, 2.05) is 0 Å². The van der Waals surface area contributed by atoms with Crippen molar-refractivity contribution in [2.75, 3.05) is 13.2 Å². The van der Waals surface area contributed by atoms with E-state index in [9.17, 15) is 9.36 Å². The van der Waals surface area contributed by atoms with E-state index in [2.05, 4.69) is 6.58 Å². The van der Waals surface area contributed by atoms with Gasteiger partial charge in [-0.25, -0.2) is 9.36 Å². The Morgan fingerprint density at radius 1 is 1.21 bits per heavy atom. The third-order valence-electron chi connectivity index (χ3n) is 2.10. The second-order valence-corrected chi connectivity index (χ2v) is 5.44. The highest BCUT2D eigenvalue weighted by molar-refractivity contribution is 7.62. The van der Waals surface area contributed by atoms with Gasteiger partial charge in [-0.1, -0.05) is 18.2 Å². The summed E-state index contributed by atoms with van der Waals surface area (Å²) in [7, 11) is -3.61. The maximum Gasteiger partial charge on any atom is 0.410 e. The largest absolute Gasteiger partial charge is 0.460 e. The van der Waals surface area contributed by atoms with Gasteiger partial charge in [-0.15, -0.1) is 0 Å². The molecule has 104 valence electrons. The minimum absolute atomic E-state index is 0.183. The highest BCUT2D eigenvalue weighted by atomic mass is 31.2. The van der Waals surface area contributed by atoms with Crippen molar-refractivity contribution >= 4 is 18.9 Å². The van der Waals surface area contributed by atoms with Gasteiger partial charge in [-0.3, -0.25) is 4.52 Å². The summed E-state index contributed by atoms with van der Waals surface area (Å²) in [4.78, 5) is 11.4. The fourth-order valence-corrected chi connectivity index (χ4v) is 2.88. The molecular weight excluding hydrogens is 267 g/mol. The Labute approximate surface area is 112 Å². The quantitative estimate of drug-likeness (QED) is 0.333. The van der Waals surface area contributed by atoms with Crippen molar-refractivity contribution < 1.29 is 23.1 Å². The SMILES string of the molecule is C=C(OP(=O)(OCC)c1ccccc1)C(=O)OCC. The number of hydrogen-bond acceptors (Lipinski definition) is 5. The molecule has 1 aromatic rings. The van der Waals surface area contributed by atoms with Crippen LogP contribution in [0.1, 0.15) is 13.8 Å². The van der Waals surface area contributed by atoms with E-state index in [1.54, 1.807) is 44.2 Å². The van der Waals surface area contributed by atoms with Crippen LogP contribution < -0.4 is 5.30 Å². The van der Waals surface area contributed by atoms with Crippen LogP contribution in [0, 0.1) is 0 Å². The lowest BCUT2D eigenvalue weighted by Gasteiger charge is -2.19. The Morgan fingerprint density at radius 2 is 1.84 bits per heavy atom. The van der Waals surface area contributed by atoms with Gasteiger partial charge in [0.1, 0.15) is 0 Å². The van der Waals surface area contributed by atoms with E-state index in [1.165, 1.54) is 0 Å². The van der Waals surface area contributed by atoms with E-state index in [0.717, 1.165) is 0 Å². The van der Waals surface area contributed by atoms with Crippen molar-refractivity contribution in [3.63, 3.8) is 0 Å². The summed E-state index contributed by atoms with van der Waals surface area (Å²) < 4.78 is 27.7. The molecule has 0 bridgehead atoms. The molecule has 1 unspecified atom stereocenters. The van der Waals surface area contributed by atoms with Crippen molar-refractivity contribution in [1.82, 2.24) is 0 Å². The lowest BCUT2D eigenvalue weighted by atomic mass is 10.4. The highest BCUT2D eigenvalue weighted by Crippen LogP contribution is 2.48. The Bertz CT molecular complexity index is 483. The summed E-state index contributed by atoms with van der Waals surface area (Å²) in [5.74, 6) is -1.08. The lowest BCUT2D eigenvalue weighted by molar-refractivity contribution is -0.141. The van der Waals surface area contributed by atoms with Crippen LogP contribution in [0.3, 0.4) is 0 Å². The molecule has 19 heavy (non-hydrogen) atoms. The number of benzene rings is 1. The fraction of sp³-hybridized carbons (Fsp3) is 0.308. The van der Waals surface area contributed by atoms with Crippen LogP contribution in [0.15, 0.2) is 42.7 Å². The van der Waals surface area contributed by atoms with Crippen molar-refractivity contribution in [2.24, 2.45) is 0 Å². The molecule has 0 fully saturated rings. The minimum Gasteiger partial charge on any atom is -0.460 e. The fourth-order valence-electron chi connectivity index (χ4n) is 1.33. The Morgan fingerprint density at radius 3 is 2.37 bits per heavy atom. The predicted molar refractivity (Wildman–Crippen MR) is 72.2 cm³/mol. The first-order chi connectivity index (χ1) is 9.03. The summed E-state index contributed by atoms with van der Waals surface area (Å²) in [5.41, 5.74) is 0. The van der Waals surface area contributed by atoms with E-state index in [-0.39, 0.29) is 19.0 Å². The van der Waals surface area contributed by atoms with Crippen LogP contribution in [-0.4, -0.2) is 19.2 Å². The van der Waals surface area contributed by atoms with Crippen LogP contribution in [0.25, 0.3) is 0 Å². The Hall–Kier alpha value is -1.58. The van der Waals surface area contributed by atoms with Crippen molar-refractivity contribution in [2.45, 2.75) is 13.8 Å². The van der Waals surface area contributed by atoms with Crippen LogP contribution in [0.5, 0.6) is 0 Å². The zero-order valence-electron chi connectivity index (χ0n) is 11.0. The summed E-state index contributed by atoms with van der Waals surface area (Å²) in [6.45, 7) is 7.13. The number of carbonyl (C=O) groups is 1. The third kappa shape index (κ3) is 4.23. The van der Waals surface area contributed by atoms with Gasteiger partial charge in [0.05, 0.1) is 18.5 Å². The van der Waals surface area contributed by atoms with Gasteiger partial charge in [0.2, 0.25) is 5.76 Å². The second kappa shape index (κ2) is 7.12. The predicted octanol–water partition coefficient (Wildman–Crippen LogP) is 2.63. The summed E-state index contributed by atoms with van der Waals surface area (Å²) >= 11 is 0. The zero-order chi connectivity index (χ0) is 14.3. The molecular formula is C13H17O5P. The minimum atomic E-state index is -3.61. The van der Waals surface area contributed by atoms with Crippen molar-refractivity contribution in [1.29, 1.82) is 0 Å². The second-order valence-electron chi connectivity index (χ2n) is 3.49. The van der Waals surface area contributed by atoms with E-state index in [0.29, 0.717) is 5.30 Å². The molecule has 0 aromatic heterocycles. The number of esters is 1. The van der Waals surface area contributed by atoms with Gasteiger partial charge in [0.25, 0.3) is 0 Å². The lowest BCUT2D eigenvalue weighted by Crippen LogP contribution is -2.14. The van der Waals surface area contributed by atoms with Gasteiger partial charge < -0.3 is 9.26 Å². The molecule has 0 aliphatic carbocycles. The van der Waals surface area contributed by atoms with Crippen molar-refractivity contribution in [3.8, 4) is 0 Å². The van der Waals surface area contributed by atoms with Crippen molar-refractivity contribution in [3.05, 3.63) is 42.7 Å². The number of rotatable bonds is 7. The van der Waals surface area contributed by atoms with E-state index in [4.69, 9.17) is 13.8 Å². The van der Waals surface area contributed by atoms with Crippen LogP contribution >= 0.6 is 7.60 Å². The Balaban J connectivity index is 2.92. The molecule has 1 aromatic carbocycles. The molecule has 0 saturated carbocycles. The van der Waals surface area contributed by atoms with E-state index >= 15 is 0 Å². The smallest absolute Gasteiger partial charge is 0.410 e. The topological polar surface area (TPSA) is 61.8 Å². The van der Waals surface area contributed by atoms with Gasteiger partial charge in [-0.05, 0) is 32.6 Å². The molecule has 0 radical (unpaired) electrons. The maximum absolute atomic E-state index is 12.6. The molecule has 1 rings (SSSR count). The monoisotopic (exact) mass is 284 g/mol. The summed E-state index contributed by atoms with van der Waals surface area (Å²) in [6.07, 6.45) is 0. The molecule has 0 saturated heterocycles. The molecule has 0 aliphatic heterocycles. The van der Waals surface area contributed by atoms with Gasteiger partial charge in [-0.2, -0.15) is 0 Å². The first-order valence-corrected chi connectivity index (χ1v) is 7.43. The number of hydrogen-bond donors (Lipinski definition) is 0. The molecule has 0 aliphatic rings. The number of ether oxygens (including phenoxy) is 1. The molecule has 0 heterocycles. The standard InChI is InChI=1S/C13H17O5P/c1-4-16-13(14)11(3)18-19(15,17-5-2)12-9-7-6-8-10-12/h6-10H,3-5H2,1-2H3. The number of carbonyl (C=O) groups excluding carboxylic acids is 1. The van der Waals surface area contributed by atoms with Gasteiger partial charge in [0.15, 0.2) is 0 Å². The molecule has 0 spiro atoms.